The van der Waals surface area contributed by atoms with Crippen LogP contribution in [0.5, 0.6) is 0 Å². The third-order valence-electron chi connectivity index (χ3n) is 6.43. The SMILES string of the molecule is Cc1cc(C#N)cc(C)c1NC(=O)C1([P+](C)(C)CC(=O)OCc2ccccc2)CCC1. The van der Waals surface area contributed by atoms with E-state index in [2.05, 4.69) is 24.7 Å². The molecule has 3 rings (SSSR count). The Balaban J connectivity index is 1.72. The number of benzene rings is 2. The number of nitrogens with zero attached hydrogens (tertiary/aromatic N) is 1. The van der Waals surface area contributed by atoms with Crippen LogP contribution in [0.25, 0.3) is 0 Å². The molecule has 0 spiro atoms. The van der Waals surface area contributed by atoms with Gasteiger partial charge in [0, 0.05) is 12.9 Å². The number of nitriles is 1. The molecule has 1 aliphatic carbocycles. The van der Waals surface area contributed by atoms with Crippen molar-refractivity contribution in [2.24, 2.45) is 0 Å². The molecular weight excluding hydrogens is 407 g/mol. The molecule has 0 aliphatic heterocycles. The first kappa shape index (κ1) is 23.0. The smallest absolute Gasteiger partial charge is 0.344 e. The monoisotopic (exact) mass is 437 g/mol. The summed E-state index contributed by atoms with van der Waals surface area (Å²) in [5, 5.41) is 11.8. The molecule has 0 aromatic heterocycles. The molecule has 2 aromatic carbocycles. The number of hydrogen-bond donors (Lipinski definition) is 1. The highest BCUT2D eigenvalue weighted by Crippen LogP contribution is 2.70. The van der Waals surface area contributed by atoms with E-state index in [1.807, 2.05) is 44.2 Å². The van der Waals surface area contributed by atoms with Crippen molar-refractivity contribution in [2.45, 2.75) is 44.9 Å². The van der Waals surface area contributed by atoms with Gasteiger partial charge in [0.1, 0.15) is 6.61 Å². The zero-order valence-corrected chi connectivity index (χ0v) is 19.6. The standard InChI is InChI=1S/C25H29N2O3P/c1-18-13-21(15-26)14-19(2)23(18)27-24(29)25(11-8-12-25)31(3,4)17-22(28)30-16-20-9-6-5-7-10-20/h5-7,9-10,13-14H,8,11-12,16-17H2,1-4H3/p+1. The van der Waals surface area contributed by atoms with Gasteiger partial charge in [0.2, 0.25) is 0 Å². The third-order valence-corrected chi connectivity index (χ3v) is 10.4. The molecule has 0 heterocycles. The van der Waals surface area contributed by atoms with E-state index in [4.69, 9.17) is 10.00 Å². The Bertz CT molecular complexity index is 998. The first-order valence-corrected chi connectivity index (χ1v) is 13.4. The van der Waals surface area contributed by atoms with Gasteiger partial charge in [0.05, 0.1) is 25.0 Å². The van der Waals surface area contributed by atoms with Crippen molar-refractivity contribution in [1.82, 2.24) is 0 Å². The van der Waals surface area contributed by atoms with Crippen molar-refractivity contribution in [1.29, 1.82) is 5.26 Å². The van der Waals surface area contributed by atoms with Gasteiger partial charge in [-0.1, -0.05) is 30.3 Å². The molecule has 1 N–H and O–H groups in total. The Morgan fingerprint density at radius 1 is 1.13 bits per heavy atom. The summed E-state index contributed by atoms with van der Waals surface area (Å²) in [5.41, 5.74) is 4.05. The first-order chi connectivity index (χ1) is 14.7. The lowest BCUT2D eigenvalue weighted by Crippen LogP contribution is -2.51. The van der Waals surface area contributed by atoms with E-state index in [-0.39, 0.29) is 18.5 Å². The van der Waals surface area contributed by atoms with Crippen molar-refractivity contribution in [3.8, 4) is 6.07 Å². The molecule has 1 saturated carbocycles. The minimum Gasteiger partial charge on any atom is -0.458 e. The number of hydrogen-bond acceptors (Lipinski definition) is 4. The lowest BCUT2D eigenvalue weighted by Gasteiger charge is -2.45. The van der Waals surface area contributed by atoms with Crippen LogP contribution in [-0.2, 0) is 20.9 Å². The van der Waals surface area contributed by atoms with Crippen LogP contribution in [0.4, 0.5) is 5.69 Å². The summed E-state index contributed by atoms with van der Waals surface area (Å²) in [6.45, 7) is 8.24. The number of nitrogens with one attached hydrogen (secondary N) is 1. The average molecular weight is 438 g/mol. The van der Waals surface area contributed by atoms with E-state index >= 15 is 0 Å². The second kappa shape index (κ2) is 9.20. The van der Waals surface area contributed by atoms with E-state index in [0.717, 1.165) is 41.6 Å². The third kappa shape index (κ3) is 4.81. The Morgan fingerprint density at radius 2 is 1.74 bits per heavy atom. The van der Waals surface area contributed by atoms with Crippen molar-refractivity contribution < 1.29 is 14.3 Å². The molecule has 1 amide bonds. The van der Waals surface area contributed by atoms with Crippen LogP contribution in [-0.4, -0.2) is 36.5 Å². The minimum atomic E-state index is -1.93. The number of aryl methyl sites for hydroxylation is 2. The van der Waals surface area contributed by atoms with Crippen LogP contribution in [0.15, 0.2) is 42.5 Å². The molecule has 0 unspecified atom stereocenters. The summed E-state index contributed by atoms with van der Waals surface area (Å²) in [5.74, 6) is -0.254. The fourth-order valence-electron chi connectivity index (χ4n) is 4.33. The topological polar surface area (TPSA) is 79.2 Å². The summed E-state index contributed by atoms with van der Waals surface area (Å²) in [6, 6.07) is 15.3. The number of carbonyl (C=O) groups is 2. The normalized spacial score (nSPS) is 14.8. The predicted molar refractivity (Wildman–Crippen MR) is 126 cm³/mol. The second-order valence-electron chi connectivity index (χ2n) is 8.93. The number of amides is 1. The van der Waals surface area contributed by atoms with E-state index in [1.54, 1.807) is 12.1 Å². The molecular formula is C25H30N2O3P+. The highest BCUT2D eigenvalue weighted by molar-refractivity contribution is 7.77. The molecule has 5 nitrogen and oxygen atoms in total. The van der Waals surface area contributed by atoms with E-state index in [1.165, 1.54) is 0 Å². The van der Waals surface area contributed by atoms with E-state index < -0.39 is 12.4 Å². The van der Waals surface area contributed by atoms with Crippen LogP contribution in [0.1, 0.15) is 41.5 Å². The van der Waals surface area contributed by atoms with Gasteiger partial charge in [-0.25, -0.2) is 4.79 Å². The molecule has 0 atom stereocenters. The van der Waals surface area contributed by atoms with Crippen LogP contribution in [0, 0.1) is 25.2 Å². The van der Waals surface area contributed by atoms with Crippen molar-refractivity contribution in [3.05, 3.63) is 64.7 Å². The zero-order valence-electron chi connectivity index (χ0n) is 18.7. The van der Waals surface area contributed by atoms with Crippen molar-refractivity contribution >= 4 is 24.8 Å². The van der Waals surface area contributed by atoms with Gasteiger partial charge in [-0.05, 0) is 61.9 Å². The Labute approximate surface area is 185 Å². The fourth-order valence-corrected chi connectivity index (χ4v) is 7.50. The predicted octanol–water partition coefficient (Wildman–Crippen LogP) is 5.06. The van der Waals surface area contributed by atoms with Gasteiger partial charge >= 0.3 is 5.97 Å². The molecule has 31 heavy (non-hydrogen) atoms. The lowest BCUT2D eigenvalue weighted by atomic mass is 9.83. The largest absolute Gasteiger partial charge is 0.458 e. The maximum absolute atomic E-state index is 13.5. The van der Waals surface area contributed by atoms with E-state index in [9.17, 15) is 9.59 Å². The molecule has 0 saturated heterocycles. The average Bonchev–Trinajstić information content (AvgIpc) is 2.68. The first-order valence-electron chi connectivity index (χ1n) is 10.5. The number of anilines is 1. The summed E-state index contributed by atoms with van der Waals surface area (Å²) in [7, 11) is -1.93. The van der Waals surface area contributed by atoms with Crippen LogP contribution < -0.4 is 5.32 Å². The molecule has 1 aliphatic rings. The molecule has 1 fully saturated rings. The summed E-state index contributed by atoms with van der Waals surface area (Å²) in [6.07, 6.45) is 2.86. The molecule has 6 heteroatoms. The zero-order chi connectivity index (χ0) is 22.6. The van der Waals surface area contributed by atoms with E-state index in [0.29, 0.717) is 11.7 Å². The minimum absolute atomic E-state index is 0.0103. The van der Waals surface area contributed by atoms with Gasteiger partial charge in [-0.15, -0.1) is 0 Å². The van der Waals surface area contributed by atoms with Gasteiger partial charge in [0.25, 0.3) is 5.91 Å². The molecule has 2 aromatic rings. The van der Waals surface area contributed by atoms with Gasteiger partial charge < -0.3 is 10.1 Å². The highest BCUT2D eigenvalue weighted by Gasteiger charge is 2.61. The summed E-state index contributed by atoms with van der Waals surface area (Å²) >= 11 is 0. The fraction of sp³-hybridized carbons (Fsp3) is 0.400. The Morgan fingerprint density at radius 3 is 2.26 bits per heavy atom. The van der Waals surface area contributed by atoms with Gasteiger partial charge in [-0.3, -0.25) is 4.79 Å². The lowest BCUT2D eigenvalue weighted by molar-refractivity contribution is -0.141. The van der Waals surface area contributed by atoms with Crippen LogP contribution in [0.2, 0.25) is 0 Å². The van der Waals surface area contributed by atoms with Gasteiger partial charge in [-0.2, -0.15) is 5.26 Å². The molecule has 0 bridgehead atoms. The number of rotatable bonds is 7. The number of carbonyl (C=O) groups excluding carboxylic acids is 2. The number of esters is 1. The quantitative estimate of drug-likeness (QED) is 0.485. The van der Waals surface area contributed by atoms with Crippen LogP contribution in [0.3, 0.4) is 0 Å². The summed E-state index contributed by atoms with van der Waals surface area (Å²) < 4.78 is 5.52. The maximum Gasteiger partial charge on any atom is 0.344 e. The van der Waals surface area contributed by atoms with Crippen molar-refractivity contribution in [3.63, 3.8) is 0 Å². The Kier molecular flexibility index (Phi) is 6.82. The second-order valence-corrected chi connectivity index (χ2v) is 13.5. The van der Waals surface area contributed by atoms with Crippen LogP contribution >= 0.6 is 7.26 Å². The van der Waals surface area contributed by atoms with Crippen molar-refractivity contribution in [2.75, 3.05) is 24.8 Å². The number of ether oxygens (including phenoxy) is 1. The maximum atomic E-state index is 13.5. The highest BCUT2D eigenvalue weighted by atomic mass is 31.2. The van der Waals surface area contributed by atoms with Gasteiger partial charge in [0.15, 0.2) is 11.3 Å². The Hall–Kier alpha value is -2.70. The molecule has 0 radical (unpaired) electrons. The summed E-state index contributed by atoms with van der Waals surface area (Å²) in [4.78, 5) is 26.1. The molecule has 162 valence electrons.